The Balaban J connectivity index is 1.87. The molecule has 0 radical (unpaired) electrons. The van der Waals surface area contributed by atoms with E-state index in [1.807, 2.05) is 19.3 Å². The lowest BCUT2D eigenvalue weighted by atomic mass is 10.4. The second-order valence-corrected chi connectivity index (χ2v) is 4.25. The molecule has 3 heterocycles. The summed E-state index contributed by atoms with van der Waals surface area (Å²) in [5.41, 5.74) is 1.18. The van der Waals surface area contributed by atoms with E-state index in [0.29, 0.717) is 23.8 Å². The summed E-state index contributed by atoms with van der Waals surface area (Å²) >= 11 is 0. The first-order chi connectivity index (χ1) is 9.13. The lowest BCUT2D eigenvalue weighted by Gasteiger charge is -2.05. The van der Waals surface area contributed by atoms with Gasteiger partial charge in [-0.15, -0.1) is 0 Å². The smallest absolute Gasteiger partial charge is 0.349 e. The highest BCUT2D eigenvalue weighted by Crippen LogP contribution is 2.09. The molecule has 19 heavy (non-hydrogen) atoms. The summed E-state index contributed by atoms with van der Waals surface area (Å²) in [6, 6.07) is 3.64. The van der Waals surface area contributed by atoms with E-state index >= 15 is 0 Å². The molecule has 3 aromatic heterocycles. The fourth-order valence-electron chi connectivity index (χ4n) is 1.93. The molecule has 0 aliphatic carbocycles. The van der Waals surface area contributed by atoms with Gasteiger partial charge in [-0.25, -0.2) is 19.3 Å². The van der Waals surface area contributed by atoms with Crippen LogP contribution < -0.4 is 11.0 Å². The van der Waals surface area contributed by atoms with Crippen LogP contribution in [-0.4, -0.2) is 29.4 Å². The van der Waals surface area contributed by atoms with Gasteiger partial charge in [0, 0.05) is 19.3 Å². The number of aromatic amines is 1. The predicted octanol–water partition coefficient (Wildman–Crippen LogP) is 0.0716. The second kappa shape index (κ2) is 4.23. The zero-order valence-corrected chi connectivity index (χ0v) is 10.6. The number of fused-ring (bicyclic) bond motifs is 1. The molecule has 0 aliphatic heterocycles. The Labute approximate surface area is 108 Å². The molecule has 8 nitrogen and oxygen atoms in total. The number of aromatic nitrogens is 6. The van der Waals surface area contributed by atoms with Crippen LogP contribution in [0.15, 0.2) is 23.1 Å². The molecule has 0 bridgehead atoms. The van der Waals surface area contributed by atoms with Gasteiger partial charge in [0.2, 0.25) is 0 Å². The zero-order valence-electron chi connectivity index (χ0n) is 10.6. The minimum Gasteiger partial charge on any atom is -0.364 e. The van der Waals surface area contributed by atoms with Crippen molar-refractivity contribution < 1.29 is 0 Å². The zero-order chi connectivity index (χ0) is 13.4. The van der Waals surface area contributed by atoms with Crippen LogP contribution in [0.2, 0.25) is 0 Å². The summed E-state index contributed by atoms with van der Waals surface area (Å²) < 4.78 is 3.16. The van der Waals surface area contributed by atoms with E-state index in [0.717, 1.165) is 5.69 Å². The Morgan fingerprint density at radius 3 is 3.05 bits per heavy atom. The van der Waals surface area contributed by atoms with E-state index in [2.05, 4.69) is 25.6 Å². The van der Waals surface area contributed by atoms with Crippen molar-refractivity contribution in [2.24, 2.45) is 7.05 Å². The molecule has 0 amide bonds. The van der Waals surface area contributed by atoms with Crippen molar-refractivity contribution in [1.29, 1.82) is 0 Å². The maximum atomic E-state index is 11.5. The van der Waals surface area contributed by atoms with E-state index in [1.165, 1.54) is 4.40 Å². The van der Waals surface area contributed by atoms with Gasteiger partial charge in [0.05, 0.1) is 12.2 Å². The Morgan fingerprint density at radius 2 is 2.32 bits per heavy atom. The lowest BCUT2D eigenvalue weighted by Crippen LogP contribution is -2.14. The van der Waals surface area contributed by atoms with Crippen LogP contribution >= 0.6 is 0 Å². The minimum absolute atomic E-state index is 0.281. The van der Waals surface area contributed by atoms with Crippen LogP contribution in [0.4, 0.5) is 5.82 Å². The summed E-state index contributed by atoms with van der Waals surface area (Å²) in [5.74, 6) is 1.24. The van der Waals surface area contributed by atoms with E-state index < -0.39 is 0 Å². The first-order valence-corrected chi connectivity index (χ1v) is 5.80. The first-order valence-electron chi connectivity index (χ1n) is 5.80. The fourth-order valence-corrected chi connectivity index (χ4v) is 1.93. The molecule has 0 fully saturated rings. The quantitative estimate of drug-likeness (QED) is 0.694. The molecule has 98 valence electrons. The van der Waals surface area contributed by atoms with Gasteiger partial charge in [-0.3, -0.25) is 4.68 Å². The number of nitrogens with one attached hydrogen (secondary N) is 2. The lowest BCUT2D eigenvalue weighted by molar-refractivity contribution is 0.746. The molecule has 8 heteroatoms. The highest BCUT2D eigenvalue weighted by Gasteiger charge is 2.07. The number of hydrogen-bond donors (Lipinski definition) is 2. The average Bonchev–Trinajstić information content (AvgIpc) is 2.94. The highest BCUT2D eigenvalue weighted by atomic mass is 16.1. The van der Waals surface area contributed by atoms with Crippen LogP contribution in [0.1, 0.15) is 11.5 Å². The van der Waals surface area contributed by atoms with Gasteiger partial charge < -0.3 is 5.32 Å². The maximum Gasteiger partial charge on any atom is 0.349 e. The Hall–Kier alpha value is -2.64. The van der Waals surface area contributed by atoms with E-state index in [-0.39, 0.29) is 5.69 Å². The minimum atomic E-state index is -0.281. The van der Waals surface area contributed by atoms with Gasteiger partial charge in [0.15, 0.2) is 5.65 Å². The summed E-state index contributed by atoms with van der Waals surface area (Å²) in [5, 5.41) is 13.7. The Kier molecular flexibility index (Phi) is 2.55. The summed E-state index contributed by atoms with van der Waals surface area (Å²) in [6.07, 6.45) is 1.88. The van der Waals surface area contributed by atoms with Crippen molar-refractivity contribution in [2.75, 3.05) is 5.32 Å². The van der Waals surface area contributed by atoms with Crippen molar-refractivity contribution in [1.82, 2.24) is 29.4 Å². The van der Waals surface area contributed by atoms with Crippen molar-refractivity contribution in [3.63, 3.8) is 0 Å². The van der Waals surface area contributed by atoms with Crippen molar-refractivity contribution in [3.05, 3.63) is 40.3 Å². The Bertz CT molecular complexity index is 782. The third kappa shape index (κ3) is 2.07. The van der Waals surface area contributed by atoms with Crippen molar-refractivity contribution >= 4 is 11.5 Å². The largest absolute Gasteiger partial charge is 0.364 e. The molecule has 0 atom stereocenters. The number of aryl methyl sites for hydroxylation is 2. The molecule has 0 spiro atoms. The van der Waals surface area contributed by atoms with E-state index in [9.17, 15) is 4.79 Å². The average molecular weight is 259 g/mol. The van der Waals surface area contributed by atoms with Gasteiger partial charge in [-0.1, -0.05) is 0 Å². The van der Waals surface area contributed by atoms with Gasteiger partial charge in [-0.2, -0.15) is 10.2 Å². The van der Waals surface area contributed by atoms with Crippen molar-refractivity contribution in [3.8, 4) is 0 Å². The fraction of sp³-hybridized carbons (Fsp3) is 0.273. The van der Waals surface area contributed by atoms with Gasteiger partial charge in [0.1, 0.15) is 11.6 Å². The number of H-pyrrole nitrogens is 1. The van der Waals surface area contributed by atoms with Crippen LogP contribution in [-0.2, 0) is 13.6 Å². The van der Waals surface area contributed by atoms with Gasteiger partial charge in [0.25, 0.3) is 0 Å². The normalized spacial score (nSPS) is 11.1. The topological polar surface area (TPSA) is 92.9 Å². The van der Waals surface area contributed by atoms with Crippen LogP contribution in [0.5, 0.6) is 0 Å². The van der Waals surface area contributed by atoms with Gasteiger partial charge >= 0.3 is 5.69 Å². The molecule has 3 aromatic rings. The number of rotatable bonds is 3. The molecule has 0 aliphatic rings. The molecule has 2 N–H and O–H groups in total. The number of anilines is 1. The monoisotopic (exact) mass is 259 g/mol. The Morgan fingerprint density at radius 1 is 1.47 bits per heavy atom. The van der Waals surface area contributed by atoms with Crippen LogP contribution in [0.3, 0.4) is 0 Å². The predicted molar refractivity (Wildman–Crippen MR) is 68.9 cm³/mol. The molecule has 3 rings (SSSR count). The van der Waals surface area contributed by atoms with Crippen LogP contribution in [0, 0.1) is 6.92 Å². The molecule has 0 saturated heterocycles. The second-order valence-electron chi connectivity index (χ2n) is 4.25. The highest BCUT2D eigenvalue weighted by molar-refractivity contribution is 5.49. The van der Waals surface area contributed by atoms with Crippen LogP contribution in [0.25, 0.3) is 5.65 Å². The number of nitrogens with zero attached hydrogens (tertiary/aromatic N) is 5. The maximum absolute atomic E-state index is 11.5. The standard InChI is InChI=1S/C11H13N7O/c1-7-13-9(5-10-14-15-11(19)18(7)10)12-6-8-3-4-17(2)16-8/h3-5,12H,6H2,1-2H3,(H,15,19). The molecule has 0 saturated carbocycles. The first kappa shape index (κ1) is 11.5. The van der Waals surface area contributed by atoms with Gasteiger partial charge in [-0.05, 0) is 13.0 Å². The third-order valence-corrected chi connectivity index (χ3v) is 2.79. The molecule has 0 aromatic carbocycles. The summed E-state index contributed by atoms with van der Waals surface area (Å²) in [6.45, 7) is 2.33. The molecular formula is C11H13N7O. The third-order valence-electron chi connectivity index (χ3n) is 2.79. The van der Waals surface area contributed by atoms with E-state index in [4.69, 9.17) is 0 Å². The SMILES string of the molecule is Cc1nc(NCc2ccn(C)n2)cc2n[nH]c(=O)n12. The van der Waals surface area contributed by atoms with Crippen molar-refractivity contribution in [2.45, 2.75) is 13.5 Å². The molecular weight excluding hydrogens is 246 g/mol. The summed E-state index contributed by atoms with van der Waals surface area (Å²) in [7, 11) is 1.87. The summed E-state index contributed by atoms with van der Waals surface area (Å²) in [4.78, 5) is 15.8. The molecule has 0 unspecified atom stereocenters. The van der Waals surface area contributed by atoms with E-state index in [1.54, 1.807) is 17.7 Å². The number of hydrogen-bond acceptors (Lipinski definition) is 5.